The maximum Gasteiger partial charge on any atom is 0.262 e. The number of anilines is 1. The number of aromatic nitrogens is 2. The van der Waals surface area contributed by atoms with Crippen molar-refractivity contribution in [2.75, 3.05) is 18.5 Å². The predicted molar refractivity (Wildman–Crippen MR) is 109 cm³/mol. The summed E-state index contributed by atoms with van der Waals surface area (Å²) in [5.74, 6) is 2.13. The van der Waals surface area contributed by atoms with Gasteiger partial charge in [0.15, 0.2) is 18.1 Å². The number of amides is 1. The Morgan fingerprint density at radius 3 is 2.75 bits per heavy atom. The van der Waals surface area contributed by atoms with Crippen LogP contribution >= 0.6 is 0 Å². The number of benzene rings is 2. The van der Waals surface area contributed by atoms with E-state index in [0.29, 0.717) is 18.1 Å². The van der Waals surface area contributed by atoms with Gasteiger partial charge in [-0.05, 0) is 50.1 Å². The molecule has 1 aliphatic rings. The Labute approximate surface area is 164 Å². The van der Waals surface area contributed by atoms with Crippen molar-refractivity contribution >= 4 is 22.6 Å². The number of nitrogens with zero attached hydrogens (tertiary/aromatic N) is 2. The van der Waals surface area contributed by atoms with Gasteiger partial charge >= 0.3 is 0 Å². The van der Waals surface area contributed by atoms with Crippen LogP contribution in [-0.2, 0) is 17.8 Å². The van der Waals surface area contributed by atoms with Crippen LogP contribution in [0.25, 0.3) is 11.0 Å². The summed E-state index contributed by atoms with van der Waals surface area (Å²) in [4.78, 5) is 17.1. The zero-order chi connectivity index (χ0) is 19.3. The average Bonchev–Trinajstić information content (AvgIpc) is 2.87. The Morgan fingerprint density at radius 2 is 1.93 bits per heavy atom. The SMILES string of the molecule is CCOc1ccccc1OCC(=O)Nc1ccc2c(c1)nc1n2CCCCC1. The molecule has 3 aromatic rings. The quantitative estimate of drug-likeness (QED) is 0.698. The molecule has 1 amide bonds. The molecule has 0 saturated heterocycles. The summed E-state index contributed by atoms with van der Waals surface area (Å²) in [5, 5.41) is 2.89. The smallest absolute Gasteiger partial charge is 0.262 e. The molecule has 2 heterocycles. The van der Waals surface area contributed by atoms with Gasteiger partial charge in [0, 0.05) is 18.7 Å². The van der Waals surface area contributed by atoms with Crippen molar-refractivity contribution in [2.24, 2.45) is 0 Å². The monoisotopic (exact) mass is 379 g/mol. The molecule has 146 valence electrons. The van der Waals surface area contributed by atoms with Gasteiger partial charge in [0.25, 0.3) is 5.91 Å². The number of imidazole rings is 1. The van der Waals surface area contributed by atoms with E-state index < -0.39 is 0 Å². The van der Waals surface area contributed by atoms with Crippen LogP contribution in [-0.4, -0.2) is 28.7 Å². The summed E-state index contributed by atoms with van der Waals surface area (Å²) in [6, 6.07) is 13.2. The van der Waals surface area contributed by atoms with Crippen molar-refractivity contribution < 1.29 is 14.3 Å². The molecule has 2 aromatic carbocycles. The maximum absolute atomic E-state index is 12.3. The molecule has 4 rings (SSSR count). The third-order valence-electron chi connectivity index (χ3n) is 4.90. The van der Waals surface area contributed by atoms with E-state index in [4.69, 9.17) is 14.5 Å². The van der Waals surface area contributed by atoms with Crippen molar-refractivity contribution in [1.82, 2.24) is 9.55 Å². The van der Waals surface area contributed by atoms with Gasteiger partial charge in [0.2, 0.25) is 0 Å². The molecular weight excluding hydrogens is 354 g/mol. The van der Waals surface area contributed by atoms with E-state index in [-0.39, 0.29) is 12.5 Å². The number of fused-ring (bicyclic) bond motifs is 3. The Kier molecular flexibility index (Phi) is 5.46. The average molecular weight is 379 g/mol. The molecule has 1 aliphatic heterocycles. The van der Waals surface area contributed by atoms with Crippen molar-refractivity contribution in [3.05, 3.63) is 48.3 Å². The van der Waals surface area contributed by atoms with Crippen LogP contribution in [0, 0.1) is 0 Å². The largest absolute Gasteiger partial charge is 0.490 e. The summed E-state index contributed by atoms with van der Waals surface area (Å²) >= 11 is 0. The zero-order valence-electron chi connectivity index (χ0n) is 16.1. The van der Waals surface area contributed by atoms with Gasteiger partial charge in [-0.15, -0.1) is 0 Å². The van der Waals surface area contributed by atoms with Crippen LogP contribution in [0.5, 0.6) is 11.5 Å². The minimum atomic E-state index is -0.216. The fourth-order valence-corrected chi connectivity index (χ4v) is 3.61. The van der Waals surface area contributed by atoms with E-state index >= 15 is 0 Å². The fourth-order valence-electron chi connectivity index (χ4n) is 3.61. The van der Waals surface area contributed by atoms with E-state index in [0.717, 1.165) is 35.5 Å². The summed E-state index contributed by atoms with van der Waals surface area (Å²) in [6.07, 6.45) is 4.65. The molecule has 6 nitrogen and oxygen atoms in total. The highest BCUT2D eigenvalue weighted by atomic mass is 16.5. The third kappa shape index (κ3) is 3.96. The number of ether oxygens (including phenoxy) is 2. The molecule has 28 heavy (non-hydrogen) atoms. The van der Waals surface area contributed by atoms with Crippen molar-refractivity contribution in [2.45, 2.75) is 39.2 Å². The Balaban J connectivity index is 1.43. The van der Waals surface area contributed by atoms with Crippen LogP contribution < -0.4 is 14.8 Å². The molecule has 0 spiro atoms. The minimum Gasteiger partial charge on any atom is -0.490 e. The summed E-state index contributed by atoms with van der Waals surface area (Å²) < 4.78 is 13.5. The first-order valence-corrected chi connectivity index (χ1v) is 9.88. The van der Waals surface area contributed by atoms with Gasteiger partial charge in [-0.2, -0.15) is 0 Å². The number of nitrogens with one attached hydrogen (secondary N) is 1. The molecule has 1 N–H and O–H groups in total. The number of rotatable bonds is 6. The molecule has 0 unspecified atom stereocenters. The first-order valence-electron chi connectivity index (χ1n) is 9.88. The van der Waals surface area contributed by atoms with Crippen LogP contribution in [0.3, 0.4) is 0 Å². The van der Waals surface area contributed by atoms with E-state index in [2.05, 4.69) is 9.88 Å². The number of aryl methyl sites for hydroxylation is 2. The zero-order valence-corrected chi connectivity index (χ0v) is 16.1. The highest BCUT2D eigenvalue weighted by Crippen LogP contribution is 2.27. The van der Waals surface area contributed by atoms with Gasteiger partial charge in [-0.1, -0.05) is 18.6 Å². The summed E-state index contributed by atoms with van der Waals surface area (Å²) in [7, 11) is 0. The molecule has 0 aliphatic carbocycles. The number of hydrogen-bond acceptors (Lipinski definition) is 4. The van der Waals surface area contributed by atoms with Gasteiger partial charge in [-0.25, -0.2) is 4.98 Å². The Bertz CT molecular complexity index is 980. The second-order valence-corrected chi connectivity index (χ2v) is 6.91. The summed E-state index contributed by atoms with van der Waals surface area (Å²) in [5.41, 5.74) is 2.79. The van der Waals surface area contributed by atoms with Gasteiger partial charge in [-0.3, -0.25) is 4.79 Å². The van der Waals surface area contributed by atoms with Crippen molar-refractivity contribution in [3.63, 3.8) is 0 Å². The molecule has 0 atom stereocenters. The Hall–Kier alpha value is -3.02. The number of carbonyl (C=O) groups is 1. The topological polar surface area (TPSA) is 65.4 Å². The molecule has 0 bridgehead atoms. The van der Waals surface area contributed by atoms with Gasteiger partial charge < -0.3 is 19.4 Å². The van der Waals surface area contributed by atoms with Crippen LogP contribution in [0.4, 0.5) is 5.69 Å². The number of hydrogen-bond donors (Lipinski definition) is 1. The third-order valence-corrected chi connectivity index (χ3v) is 4.90. The number of carbonyl (C=O) groups excluding carboxylic acids is 1. The maximum atomic E-state index is 12.3. The van der Waals surface area contributed by atoms with E-state index in [9.17, 15) is 4.79 Å². The molecule has 0 saturated carbocycles. The van der Waals surface area contributed by atoms with Crippen LogP contribution in [0.1, 0.15) is 32.0 Å². The molecule has 0 fully saturated rings. The highest BCUT2D eigenvalue weighted by Gasteiger charge is 2.14. The normalized spacial score (nSPS) is 13.6. The molecule has 0 radical (unpaired) electrons. The van der Waals surface area contributed by atoms with Crippen molar-refractivity contribution in [3.8, 4) is 11.5 Å². The first kappa shape index (κ1) is 18.3. The lowest BCUT2D eigenvalue weighted by molar-refractivity contribution is -0.118. The van der Waals surface area contributed by atoms with E-state index in [1.54, 1.807) is 6.07 Å². The second kappa shape index (κ2) is 8.33. The van der Waals surface area contributed by atoms with Crippen LogP contribution in [0.2, 0.25) is 0 Å². The highest BCUT2D eigenvalue weighted by molar-refractivity contribution is 5.94. The summed E-state index contributed by atoms with van der Waals surface area (Å²) in [6.45, 7) is 3.39. The molecule has 6 heteroatoms. The lowest BCUT2D eigenvalue weighted by Crippen LogP contribution is -2.20. The van der Waals surface area contributed by atoms with E-state index in [1.165, 1.54) is 19.3 Å². The lowest BCUT2D eigenvalue weighted by atomic mass is 10.2. The van der Waals surface area contributed by atoms with Gasteiger partial charge in [0.05, 0.1) is 17.6 Å². The Morgan fingerprint density at radius 1 is 1.11 bits per heavy atom. The van der Waals surface area contributed by atoms with Crippen LogP contribution in [0.15, 0.2) is 42.5 Å². The second-order valence-electron chi connectivity index (χ2n) is 6.91. The standard InChI is InChI=1S/C22H25N3O3/c1-2-27-19-8-5-6-9-20(19)28-15-22(26)23-16-11-12-18-17(14-16)24-21-10-4-3-7-13-25(18)21/h5-6,8-9,11-12,14H,2-4,7,10,13,15H2,1H3,(H,23,26). The lowest BCUT2D eigenvalue weighted by Gasteiger charge is -2.11. The number of para-hydroxylation sites is 2. The predicted octanol–water partition coefficient (Wildman–Crippen LogP) is 4.18. The fraction of sp³-hybridized carbons (Fsp3) is 0.364. The molecular formula is C22H25N3O3. The van der Waals surface area contributed by atoms with Gasteiger partial charge in [0.1, 0.15) is 5.82 Å². The van der Waals surface area contributed by atoms with E-state index in [1.807, 2.05) is 43.3 Å². The minimum absolute atomic E-state index is 0.0815. The first-order chi connectivity index (χ1) is 13.7. The molecule has 1 aromatic heterocycles. The van der Waals surface area contributed by atoms with Crippen molar-refractivity contribution in [1.29, 1.82) is 0 Å².